The topological polar surface area (TPSA) is 12.5 Å². The SMILES string of the molecule is CC(C)(C)CN1CC2COCC2C1. The van der Waals surface area contributed by atoms with E-state index in [0.717, 1.165) is 25.0 Å². The molecule has 2 heteroatoms. The van der Waals surface area contributed by atoms with Crippen molar-refractivity contribution in [3.8, 4) is 0 Å². The van der Waals surface area contributed by atoms with E-state index >= 15 is 0 Å². The van der Waals surface area contributed by atoms with Crippen LogP contribution in [-0.2, 0) is 4.74 Å². The molecule has 0 N–H and O–H groups in total. The van der Waals surface area contributed by atoms with Gasteiger partial charge in [-0.05, 0) is 5.41 Å². The smallest absolute Gasteiger partial charge is 0.0510 e. The van der Waals surface area contributed by atoms with Gasteiger partial charge in [0.15, 0.2) is 0 Å². The molecule has 0 bridgehead atoms. The Hall–Kier alpha value is -0.0800. The average molecular weight is 183 g/mol. The van der Waals surface area contributed by atoms with E-state index in [9.17, 15) is 0 Å². The maximum atomic E-state index is 5.46. The summed E-state index contributed by atoms with van der Waals surface area (Å²) < 4.78 is 5.46. The van der Waals surface area contributed by atoms with Gasteiger partial charge < -0.3 is 9.64 Å². The molecule has 13 heavy (non-hydrogen) atoms. The van der Waals surface area contributed by atoms with E-state index in [1.807, 2.05) is 0 Å². The summed E-state index contributed by atoms with van der Waals surface area (Å²) >= 11 is 0. The molecule has 0 aromatic rings. The summed E-state index contributed by atoms with van der Waals surface area (Å²) in [7, 11) is 0. The average Bonchev–Trinajstić information content (AvgIpc) is 2.40. The monoisotopic (exact) mass is 183 g/mol. The predicted molar refractivity (Wildman–Crippen MR) is 53.7 cm³/mol. The van der Waals surface area contributed by atoms with Gasteiger partial charge in [0.1, 0.15) is 0 Å². The summed E-state index contributed by atoms with van der Waals surface area (Å²) in [5.74, 6) is 1.67. The van der Waals surface area contributed by atoms with Crippen LogP contribution >= 0.6 is 0 Å². The Balaban J connectivity index is 1.85. The molecule has 2 aliphatic heterocycles. The van der Waals surface area contributed by atoms with Crippen LogP contribution < -0.4 is 0 Å². The first kappa shape index (κ1) is 9.47. The van der Waals surface area contributed by atoms with Crippen LogP contribution in [0.2, 0.25) is 0 Å². The molecular formula is C11H21NO. The van der Waals surface area contributed by atoms with Crippen LogP contribution in [0, 0.1) is 17.3 Å². The second-order valence-corrected chi connectivity index (χ2v) is 5.81. The van der Waals surface area contributed by atoms with Gasteiger partial charge in [-0.2, -0.15) is 0 Å². The molecule has 2 aliphatic rings. The van der Waals surface area contributed by atoms with Gasteiger partial charge in [0.2, 0.25) is 0 Å². The lowest BCUT2D eigenvalue weighted by molar-refractivity contribution is 0.140. The van der Waals surface area contributed by atoms with Crippen molar-refractivity contribution < 1.29 is 4.74 Å². The van der Waals surface area contributed by atoms with Crippen molar-refractivity contribution in [2.24, 2.45) is 17.3 Å². The third-order valence-electron chi connectivity index (χ3n) is 3.01. The summed E-state index contributed by atoms with van der Waals surface area (Å²) in [5, 5.41) is 0. The van der Waals surface area contributed by atoms with Crippen LogP contribution in [0.15, 0.2) is 0 Å². The van der Waals surface area contributed by atoms with Crippen LogP contribution in [0.5, 0.6) is 0 Å². The highest BCUT2D eigenvalue weighted by Gasteiger charge is 2.37. The fourth-order valence-corrected chi connectivity index (χ4v) is 2.58. The maximum absolute atomic E-state index is 5.46. The highest BCUT2D eigenvalue weighted by atomic mass is 16.5. The molecule has 2 nitrogen and oxygen atoms in total. The van der Waals surface area contributed by atoms with Crippen molar-refractivity contribution in [1.82, 2.24) is 4.90 Å². The van der Waals surface area contributed by atoms with Gasteiger partial charge in [-0.15, -0.1) is 0 Å². The zero-order valence-electron chi connectivity index (χ0n) is 9.05. The van der Waals surface area contributed by atoms with Gasteiger partial charge in [0.05, 0.1) is 13.2 Å². The molecule has 0 amide bonds. The lowest BCUT2D eigenvalue weighted by atomic mass is 9.96. The Morgan fingerprint density at radius 2 is 1.69 bits per heavy atom. The van der Waals surface area contributed by atoms with Crippen LogP contribution in [-0.4, -0.2) is 37.7 Å². The molecule has 0 radical (unpaired) electrons. The number of ether oxygens (including phenoxy) is 1. The minimum absolute atomic E-state index is 0.444. The van der Waals surface area contributed by atoms with Crippen molar-refractivity contribution in [3.63, 3.8) is 0 Å². The molecule has 2 heterocycles. The fourth-order valence-electron chi connectivity index (χ4n) is 2.58. The van der Waals surface area contributed by atoms with Crippen molar-refractivity contribution in [1.29, 1.82) is 0 Å². The highest BCUT2D eigenvalue weighted by Crippen LogP contribution is 2.30. The maximum Gasteiger partial charge on any atom is 0.0510 e. The molecule has 2 atom stereocenters. The Kier molecular flexibility index (Phi) is 2.37. The minimum Gasteiger partial charge on any atom is -0.381 e. The number of nitrogens with zero attached hydrogens (tertiary/aromatic N) is 1. The van der Waals surface area contributed by atoms with E-state index in [4.69, 9.17) is 4.74 Å². The quantitative estimate of drug-likeness (QED) is 0.612. The van der Waals surface area contributed by atoms with Crippen LogP contribution in [0.3, 0.4) is 0 Å². The van der Waals surface area contributed by atoms with Crippen LogP contribution in [0.25, 0.3) is 0 Å². The standard InChI is InChI=1S/C11H21NO/c1-11(2,3)8-12-4-9-6-13-7-10(9)5-12/h9-10H,4-8H2,1-3H3. The molecule has 0 aliphatic carbocycles. The van der Waals surface area contributed by atoms with Gasteiger partial charge in [-0.25, -0.2) is 0 Å². The zero-order valence-corrected chi connectivity index (χ0v) is 9.05. The summed E-state index contributed by atoms with van der Waals surface area (Å²) in [6.07, 6.45) is 0. The molecule has 0 aromatic heterocycles. The summed E-state index contributed by atoms with van der Waals surface area (Å²) in [5.41, 5.74) is 0.444. The summed E-state index contributed by atoms with van der Waals surface area (Å²) in [6.45, 7) is 12.7. The third-order valence-corrected chi connectivity index (χ3v) is 3.01. The van der Waals surface area contributed by atoms with E-state index in [2.05, 4.69) is 25.7 Å². The lowest BCUT2D eigenvalue weighted by Crippen LogP contribution is -2.32. The Morgan fingerprint density at radius 1 is 1.15 bits per heavy atom. The zero-order chi connectivity index (χ0) is 9.47. The Labute approximate surface area is 81.3 Å². The van der Waals surface area contributed by atoms with Gasteiger partial charge >= 0.3 is 0 Å². The van der Waals surface area contributed by atoms with Crippen LogP contribution in [0.4, 0.5) is 0 Å². The fraction of sp³-hybridized carbons (Fsp3) is 1.00. The normalized spacial score (nSPS) is 35.3. The van der Waals surface area contributed by atoms with Crippen molar-refractivity contribution >= 4 is 0 Å². The molecule has 0 aromatic carbocycles. The van der Waals surface area contributed by atoms with Crippen molar-refractivity contribution in [2.75, 3.05) is 32.8 Å². The second kappa shape index (κ2) is 3.25. The number of fused-ring (bicyclic) bond motifs is 1. The molecule has 76 valence electrons. The second-order valence-electron chi connectivity index (χ2n) is 5.81. The van der Waals surface area contributed by atoms with E-state index in [1.165, 1.54) is 19.6 Å². The molecule has 2 fully saturated rings. The molecule has 2 unspecified atom stereocenters. The van der Waals surface area contributed by atoms with Crippen molar-refractivity contribution in [2.45, 2.75) is 20.8 Å². The number of likely N-dealkylation sites (tertiary alicyclic amines) is 1. The van der Waals surface area contributed by atoms with E-state index in [-0.39, 0.29) is 0 Å². The Morgan fingerprint density at radius 3 is 2.15 bits per heavy atom. The summed E-state index contributed by atoms with van der Waals surface area (Å²) in [6, 6.07) is 0. The number of rotatable bonds is 1. The third kappa shape index (κ3) is 2.23. The first-order chi connectivity index (χ1) is 6.04. The number of hydrogen-bond donors (Lipinski definition) is 0. The van der Waals surface area contributed by atoms with Crippen molar-refractivity contribution in [3.05, 3.63) is 0 Å². The van der Waals surface area contributed by atoms with Gasteiger partial charge in [0, 0.05) is 31.5 Å². The lowest BCUT2D eigenvalue weighted by Gasteiger charge is -2.26. The first-order valence-electron chi connectivity index (χ1n) is 5.35. The first-order valence-corrected chi connectivity index (χ1v) is 5.35. The van der Waals surface area contributed by atoms with E-state index < -0.39 is 0 Å². The molecule has 2 saturated heterocycles. The van der Waals surface area contributed by atoms with Gasteiger partial charge in [-0.1, -0.05) is 20.8 Å². The molecule has 0 saturated carbocycles. The highest BCUT2D eigenvalue weighted by molar-refractivity contribution is 4.88. The summed E-state index contributed by atoms with van der Waals surface area (Å²) in [4.78, 5) is 2.61. The predicted octanol–water partition coefficient (Wildman–Crippen LogP) is 1.61. The largest absolute Gasteiger partial charge is 0.381 e. The van der Waals surface area contributed by atoms with E-state index in [1.54, 1.807) is 0 Å². The Bertz CT molecular complexity index is 173. The van der Waals surface area contributed by atoms with Crippen LogP contribution in [0.1, 0.15) is 20.8 Å². The molecule has 0 spiro atoms. The molecule has 2 rings (SSSR count). The van der Waals surface area contributed by atoms with Gasteiger partial charge in [0.25, 0.3) is 0 Å². The van der Waals surface area contributed by atoms with E-state index in [0.29, 0.717) is 5.41 Å². The number of hydrogen-bond acceptors (Lipinski definition) is 2. The minimum atomic E-state index is 0.444. The molecular weight excluding hydrogens is 162 g/mol. The van der Waals surface area contributed by atoms with Gasteiger partial charge in [-0.3, -0.25) is 0 Å².